The fourth-order valence-corrected chi connectivity index (χ4v) is 2.38. The number of nitrogens with zero attached hydrogens (tertiary/aromatic N) is 1. The highest BCUT2D eigenvalue weighted by Crippen LogP contribution is 2.10. The molecule has 0 bridgehead atoms. The molecule has 2 nitrogen and oxygen atoms in total. The minimum atomic E-state index is 0. The van der Waals surface area contributed by atoms with Gasteiger partial charge in [-0.3, -0.25) is 0 Å². The highest BCUT2D eigenvalue weighted by Gasteiger charge is 2.16. The van der Waals surface area contributed by atoms with Crippen molar-refractivity contribution >= 4 is 12.4 Å². The Morgan fingerprint density at radius 3 is 2.47 bits per heavy atom. The van der Waals surface area contributed by atoms with E-state index in [2.05, 4.69) is 47.6 Å². The first kappa shape index (κ1) is 14.5. The third-order valence-electron chi connectivity index (χ3n) is 3.53. The van der Waals surface area contributed by atoms with Crippen LogP contribution in [0, 0.1) is 0 Å². The summed E-state index contributed by atoms with van der Waals surface area (Å²) >= 11 is 0. The average molecular weight is 255 g/mol. The zero-order chi connectivity index (χ0) is 11.2. The Labute approximate surface area is 111 Å². The SMILES string of the molecule is CN(CCc1ccccc1)C1CCNCC1.Cl. The number of benzene rings is 1. The first-order valence-corrected chi connectivity index (χ1v) is 6.31. The van der Waals surface area contributed by atoms with Gasteiger partial charge in [-0.15, -0.1) is 12.4 Å². The molecule has 0 aromatic heterocycles. The molecule has 1 heterocycles. The van der Waals surface area contributed by atoms with Gasteiger partial charge in [0.1, 0.15) is 0 Å². The maximum Gasteiger partial charge on any atom is 0.0116 e. The van der Waals surface area contributed by atoms with Crippen LogP contribution in [0.1, 0.15) is 18.4 Å². The van der Waals surface area contributed by atoms with Crippen molar-refractivity contribution in [3.8, 4) is 0 Å². The zero-order valence-electron chi connectivity index (χ0n) is 10.6. The van der Waals surface area contributed by atoms with Crippen LogP contribution in [-0.2, 0) is 6.42 Å². The largest absolute Gasteiger partial charge is 0.317 e. The summed E-state index contributed by atoms with van der Waals surface area (Å²) in [6.07, 6.45) is 3.76. The van der Waals surface area contributed by atoms with E-state index < -0.39 is 0 Å². The van der Waals surface area contributed by atoms with Crippen molar-refractivity contribution in [1.82, 2.24) is 10.2 Å². The van der Waals surface area contributed by atoms with E-state index in [9.17, 15) is 0 Å². The first-order valence-electron chi connectivity index (χ1n) is 6.31. The number of hydrogen-bond acceptors (Lipinski definition) is 2. The van der Waals surface area contributed by atoms with Gasteiger partial charge in [0.05, 0.1) is 0 Å². The van der Waals surface area contributed by atoms with E-state index in [0.717, 1.165) is 6.04 Å². The molecule has 1 saturated heterocycles. The van der Waals surface area contributed by atoms with Crippen LogP contribution in [0.2, 0.25) is 0 Å². The lowest BCUT2D eigenvalue weighted by atomic mass is 10.0. The highest BCUT2D eigenvalue weighted by atomic mass is 35.5. The lowest BCUT2D eigenvalue weighted by molar-refractivity contribution is 0.201. The van der Waals surface area contributed by atoms with Crippen molar-refractivity contribution in [2.75, 3.05) is 26.7 Å². The summed E-state index contributed by atoms with van der Waals surface area (Å²) in [7, 11) is 2.26. The molecular weight excluding hydrogens is 232 g/mol. The zero-order valence-corrected chi connectivity index (χ0v) is 11.4. The number of rotatable bonds is 4. The molecule has 0 unspecified atom stereocenters. The van der Waals surface area contributed by atoms with E-state index in [1.165, 1.54) is 44.5 Å². The number of hydrogen-bond donors (Lipinski definition) is 1. The summed E-state index contributed by atoms with van der Waals surface area (Å²) in [5, 5.41) is 3.42. The van der Waals surface area contributed by atoms with Gasteiger partial charge in [0, 0.05) is 12.6 Å². The molecule has 1 N–H and O–H groups in total. The molecule has 96 valence electrons. The minimum Gasteiger partial charge on any atom is -0.317 e. The molecule has 0 radical (unpaired) electrons. The predicted octanol–water partition coefficient (Wildman–Crippen LogP) is 2.33. The third kappa shape index (κ3) is 4.66. The molecule has 1 aliphatic heterocycles. The summed E-state index contributed by atoms with van der Waals surface area (Å²) in [5.74, 6) is 0. The third-order valence-corrected chi connectivity index (χ3v) is 3.53. The molecule has 0 atom stereocenters. The van der Waals surface area contributed by atoms with Crippen molar-refractivity contribution < 1.29 is 0 Å². The molecule has 0 amide bonds. The summed E-state index contributed by atoms with van der Waals surface area (Å²) in [6.45, 7) is 3.54. The van der Waals surface area contributed by atoms with E-state index in [-0.39, 0.29) is 12.4 Å². The molecule has 0 aliphatic carbocycles. The van der Waals surface area contributed by atoms with Crippen LogP contribution in [-0.4, -0.2) is 37.6 Å². The Hall–Kier alpha value is -0.570. The Morgan fingerprint density at radius 1 is 1.18 bits per heavy atom. The monoisotopic (exact) mass is 254 g/mol. The van der Waals surface area contributed by atoms with E-state index >= 15 is 0 Å². The molecule has 0 spiro atoms. The van der Waals surface area contributed by atoms with Crippen LogP contribution in [0.4, 0.5) is 0 Å². The van der Waals surface area contributed by atoms with E-state index in [1.807, 2.05) is 0 Å². The number of likely N-dealkylation sites (N-methyl/N-ethyl adjacent to an activating group) is 1. The van der Waals surface area contributed by atoms with Crippen LogP contribution in [0.25, 0.3) is 0 Å². The fraction of sp³-hybridized carbons (Fsp3) is 0.571. The van der Waals surface area contributed by atoms with Crippen molar-refractivity contribution in [2.24, 2.45) is 0 Å². The fourth-order valence-electron chi connectivity index (χ4n) is 2.38. The molecular formula is C14H23ClN2. The van der Waals surface area contributed by atoms with Gasteiger partial charge in [-0.2, -0.15) is 0 Å². The molecule has 1 fully saturated rings. The van der Waals surface area contributed by atoms with Gasteiger partial charge in [0.15, 0.2) is 0 Å². The Bertz CT molecular complexity index is 296. The Kier molecular flexibility index (Phi) is 6.56. The molecule has 1 aliphatic rings. The predicted molar refractivity (Wildman–Crippen MR) is 75.9 cm³/mol. The van der Waals surface area contributed by atoms with Crippen LogP contribution >= 0.6 is 12.4 Å². The first-order chi connectivity index (χ1) is 7.86. The second kappa shape index (κ2) is 7.70. The lowest BCUT2D eigenvalue weighted by Gasteiger charge is -2.31. The van der Waals surface area contributed by atoms with Crippen molar-refractivity contribution in [2.45, 2.75) is 25.3 Å². The normalized spacial score (nSPS) is 16.8. The maximum atomic E-state index is 3.42. The number of piperidine rings is 1. The van der Waals surface area contributed by atoms with E-state index in [1.54, 1.807) is 0 Å². The topological polar surface area (TPSA) is 15.3 Å². The summed E-state index contributed by atoms with van der Waals surface area (Å²) < 4.78 is 0. The summed E-state index contributed by atoms with van der Waals surface area (Å²) in [6, 6.07) is 11.6. The lowest BCUT2D eigenvalue weighted by Crippen LogP contribution is -2.41. The average Bonchev–Trinajstić information content (AvgIpc) is 2.38. The molecule has 2 rings (SSSR count). The summed E-state index contributed by atoms with van der Waals surface area (Å²) in [5.41, 5.74) is 1.45. The Morgan fingerprint density at radius 2 is 1.82 bits per heavy atom. The Balaban J connectivity index is 0.00000144. The molecule has 1 aromatic rings. The second-order valence-electron chi connectivity index (χ2n) is 4.70. The quantitative estimate of drug-likeness (QED) is 0.887. The molecule has 3 heteroatoms. The van der Waals surface area contributed by atoms with Crippen molar-refractivity contribution in [1.29, 1.82) is 0 Å². The van der Waals surface area contributed by atoms with Gasteiger partial charge in [-0.1, -0.05) is 30.3 Å². The van der Waals surface area contributed by atoms with Gasteiger partial charge < -0.3 is 10.2 Å². The molecule has 0 saturated carbocycles. The number of halogens is 1. The van der Waals surface area contributed by atoms with Crippen LogP contribution < -0.4 is 5.32 Å². The van der Waals surface area contributed by atoms with Gasteiger partial charge in [-0.25, -0.2) is 0 Å². The number of nitrogens with one attached hydrogen (secondary N) is 1. The second-order valence-corrected chi connectivity index (χ2v) is 4.70. The molecule has 1 aromatic carbocycles. The van der Waals surface area contributed by atoms with Gasteiger partial charge >= 0.3 is 0 Å². The maximum absolute atomic E-state index is 3.42. The van der Waals surface area contributed by atoms with Crippen molar-refractivity contribution in [3.05, 3.63) is 35.9 Å². The highest BCUT2D eigenvalue weighted by molar-refractivity contribution is 5.85. The van der Waals surface area contributed by atoms with Gasteiger partial charge in [0.25, 0.3) is 0 Å². The van der Waals surface area contributed by atoms with E-state index in [0.29, 0.717) is 0 Å². The van der Waals surface area contributed by atoms with Gasteiger partial charge in [0.2, 0.25) is 0 Å². The van der Waals surface area contributed by atoms with Crippen LogP contribution in [0.5, 0.6) is 0 Å². The molecule has 17 heavy (non-hydrogen) atoms. The smallest absolute Gasteiger partial charge is 0.0116 e. The minimum absolute atomic E-state index is 0. The van der Waals surface area contributed by atoms with E-state index in [4.69, 9.17) is 0 Å². The summed E-state index contributed by atoms with van der Waals surface area (Å²) in [4.78, 5) is 2.52. The van der Waals surface area contributed by atoms with Gasteiger partial charge in [-0.05, 0) is 45.0 Å². The van der Waals surface area contributed by atoms with Crippen LogP contribution in [0.15, 0.2) is 30.3 Å². The van der Waals surface area contributed by atoms with Crippen molar-refractivity contribution in [3.63, 3.8) is 0 Å². The van der Waals surface area contributed by atoms with Crippen LogP contribution in [0.3, 0.4) is 0 Å². The standard InChI is InChI=1S/C14H22N2.ClH/c1-16(14-7-10-15-11-8-14)12-9-13-5-3-2-4-6-13;/h2-6,14-15H,7-12H2,1H3;1H.